The Bertz CT molecular complexity index is 790. The molecule has 0 saturated carbocycles. The van der Waals surface area contributed by atoms with E-state index in [0.717, 1.165) is 35.7 Å². The molecule has 1 aromatic carbocycles. The Kier molecular flexibility index (Phi) is 5.64. The maximum Gasteiger partial charge on any atom is 0.183 e. The largest absolute Gasteiger partial charge is 0.378 e. The van der Waals surface area contributed by atoms with Crippen molar-refractivity contribution in [1.82, 2.24) is 4.57 Å². The molecule has 0 atom stereocenters. The third-order valence-electron chi connectivity index (χ3n) is 5.44. The molecule has 0 unspecified atom stereocenters. The van der Waals surface area contributed by atoms with Gasteiger partial charge in [0.1, 0.15) is 0 Å². The van der Waals surface area contributed by atoms with Gasteiger partial charge in [0.15, 0.2) is 5.78 Å². The number of hydrogen-bond donors (Lipinski definition) is 1. The molecular formula is C23H33N3O. The molecule has 0 radical (unpaired) electrons. The zero-order valence-corrected chi connectivity index (χ0v) is 17.4. The Labute approximate surface area is 163 Å². The molecule has 1 fully saturated rings. The first kappa shape index (κ1) is 19.5. The van der Waals surface area contributed by atoms with E-state index in [1.54, 1.807) is 0 Å². The molecule has 2 aromatic rings. The average molecular weight is 368 g/mol. The molecular weight excluding hydrogens is 334 g/mol. The highest BCUT2D eigenvalue weighted by atomic mass is 16.1. The van der Waals surface area contributed by atoms with Crippen LogP contribution in [0.2, 0.25) is 0 Å². The SMILES string of the molecule is Cc1cc(C(=O)CNc2ccc(N3CCCCC3)cc2)c(C)n1C(C)(C)C. The Morgan fingerprint density at radius 2 is 1.67 bits per heavy atom. The van der Waals surface area contributed by atoms with E-state index in [1.165, 1.54) is 24.9 Å². The molecule has 2 heterocycles. The highest BCUT2D eigenvalue weighted by Crippen LogP contribution is 2.25. The van der Waals surface area contributed by atoms with Crippen LogP contribution in [0, 0.1) is 13.8 Å². The van der Waals surface area contributed by atoms with Crippen LogP contribution < -0.4 is 10.2 Å². The minimum Gasteiger partial charge on any atom is -0.378 e. The van der Waals surface area contributed by atoms with Gasteiger partial charge in [-0.15, -0.1) is 0 Å². The summed E-state index contributed by atoms with van der Waals surface area (Å²) in [6, 6.07) is 10.5. The Morgan fingerprint density at radius 1 is 1.04 bits per heavy atom. The summed E-state index contributed by atoms with van der Waals surface area (Å²) in [5.41, 5.74) is 5.25. The molecule has 0 aliphatic carbocycles. The van der Waals surface area contributed by atoms with Crippen molar-refractivity contribution in [3.63, 3.8) is 0 Å². The van der Waals surface area contributed by atoms with Crippen LogP contribution in [-0.4, -0.2) is 30.0 Å². The zero-order valence-electron chi connectivity index (χ0n) is 17.4. The summed E-state index contributed by atoms with van der Waals surface area (Å²) in [7, 11) is 0. The van der Waals surface area contributed by atoms with E-state index in [-0.39, 0.29) is 11.3 Å². The molecule has 1 aromatic heterocycles. The first-order chi connectivity index (χ1) is 12.8. The number of carbonyl (C=O) groups excluding carboxylic acids is 1. The van der Waals surface area contributed by atoms with Crippen LogP contribution in [-0.2, 0) is 5.54 Å². The molecule has 4 nitrogen and oxygen atoms in total. The number of piperidine rings is 1. The summed E-state index contributed by atoms with van der Waals surface area (Å²) in [5.74, 6) is 0.138. The van der Waals surface area contributed by atoms with Crippen molar-refractivity contribution in [2.24, 2.45) is 0 Å². The van der Waals surface area contributed by atoms with E-state index in [2.05, 4.69) is 66.7 Å². The number of rotatable bonds is 5. The summed E-state index contributed by atoms with van der Waals surface area (Å²) in [6.07, 6.45) is 3.90. The first-order valence-electron chi connectivity index (χ1n) is 10.1. The molecule has 1 saturated heterocycles. The van der Waals surface area contributed by atoms with E-state index >= 15 is 0 Å². The summed E-state index contributed by atoms with van der Waals surface area (Å²) >= 11 is 0. The minimum absolute atomic E-state index is 0.0234. The third-order valence-corrected chi connectivity index (χ3v) is 5.44. The van der Waals surface area contributed by atoms with Gasteiger partial charge >= 0.3 is 0 Å². The van der Waals surface area contributed by atoms with Crippen molar-refractivity contribution in [3.05, 3.63) is 47.3 Å². The number of nitrogens with zero attached hydrogens (tertiary/aromatic N) is 2. The molecule has 1 aliphatic rings. The van der Waals surface area contributed by atoms with Crippen LogP contribution in [0.1, 0.15) is 61.8 Å². The molecule has 1 aliphatic heterocycles. The van der Waals surface area contributed by atoms with Crippen LogP contribution >= 0.6 is 0 Å². The number of Topliss-reactive ketones (excluding diaryl/α,β-unsaturated/α-hetero) is 1. The molecule has 3 rings (SSSR count). The predicted molar refractivity (Wildman–Crippen MR) is 114 cm³/mol. The van der Waals surface area contributed by atoms with Crippen LogP contribution in [0.25, 0.3) is 0 Å². The number of aromatic nitrogens is 1. The van der Waals surface area contributed by atoms with Crippen LogP contribution in [0.4, 0.5) is 11.4 Å². The number of anilines is 2. The summed E-state index contributed by atoms with van der Waals surface area (Å²) < 4.78 is 2.24. The summed E-state index contributed by atoms with van der Waals surface area (Å²) in [4.78, 5) is 15.2. The predicted octanol–water partition coefficient (Wildman–Crippen LogP) is 5.15. The maximum absolute atomic E-state index is 12.8. The summed E-state index contributed by atoms with van der Waals surface area (Å²) in [6.45, 7) is 13.2. The minimum atomic E-state index is -0.0234. The van der Waals surface area contributed by atoms with E-state index in [9.17, 15) is 4.79 Å². The second-order valence-corrected chi connectivity index (χ2v) is 8.66. The summed E-state index contributed by atoms with van der Waals surface area (Å²) in [5, 5.41) is 3.29. The van der Waals surface area contributed by atoms with Gasteiger partial charge < -0.3 is 14.8 Å². The monoisotopic (exact) mass is 367 g/mol. The van der Waals surface area contributed by atoms with Crippen molar-refractivity contribution in [3.8, 4) is 0 Å². The topological polar surface area (TPSA) is 37.3 Å². The van der Waals surface area contributed by atoms with E-state index in [0.29, 0.717) is 6.54 Å². The van der Waals surface area contributed by atoms with Crippen molar-refractivity contribution in [2.75, 3.05) is 29.9 Å². The van der Waals surface area contributed by atoms with Crippen molar-refractivity contribution in [1.29, 1.82) is 0 Å². The quantitative estimate of drug-likeness (QED) is 0.743. The second-order valence-electron chi connectivity index (χ2n) is 8.66. The molecule has 146 valence electrons. The fourth-order valence-electron chi connectivity index (χ4n) is 4.30. The number of carbonyl (C=O) groups is 1. The van der Waals surface area contributed by atoms with Gasteiger partial charge in [0, 0.05) is 47.0 Å². The molecule has 0 spiro atoms. The third kappa shape index (κ3) is 4.37. The fraction of sp³-hybridized carbons (Fsp3) is 0.522. The van der Waals surface area contributed by atoms with E-state index in [4.69, 9.17) is 0 Å². The Morgan fingerprint density at radius 3 is 2.22 bits per heavy atom. The lowest BCUT2D eigenvalue weighted by Crippen LogP contribution is -2.29. The van der Waals surface area contributed by atoms with Gasteiger partial charge in [-0.05, 0) is 84.2 Å². The zero-order chi connectivity index (χ0) is 19.6. The highest BCUT2D eigenvalue weighted by Gasteiger charge is 2.22. The Hall–Kier alpha value is -2.23. The van der Waals surface area contributed by atoms with Crippen LogP contribution in [0.15, 0.2) is 30.3 Å². The van der Waals surface area contributed by atoms with Crippen molar-refractivity contribution in [2.45, 2.75) is 59.4 Å². The molecule has 0 bridgehead atoms. The molecule has 27 heavy (non-hydrogen) atoms. The van der Waals surface area contributed by atoms with Gasteiger partial charge in [-0.1, -0.05) is 0 Å². The van der Waals surface area contributed by atoms with Crippen LogP contribution in [0.3, 0.4) is 0 Å². The fourth-order valence-corrected chi connectivity index (χ4v) is 4.30. The normalized spacial score (nSPS) is 15.1. The smallest absolute Gasteiger partial charge is 0.183 e. The van der Waals surface area contributed by atoms with Crippen molar-refractivity contribution < 1.29 is 4.79 Å². The molecule has 1 N–H and O–H groups in total. The lowest BCUT2D eigenvalue weighted by atomic mass is 10.1. The highest BCUT2D eigenvalue weighted by molar-refractivity contribution is 6.00. The van der Waals surface area contributed by atoms with Gasteiger partial charge in [-0.25, -0.2) is 0 Å². The first-order valence-corrected chi connectivity index (χ1v) is 10.1. The average Bonchev–Trinajstić information content (AvgIpc) is 2.95. The van der Waals surface area contributed by atoms with Crippen LogP contribution in [0.5, 0.6) is 0 Å². The number of ketones is 1. The van der Waals surface area contributed by atoms with E-state index in [1.807, 2.05) is 13.0 Å². The van der Waals surface area contributed by atoms with Gasteiger partial charge in [0.05, 0.1) is 6.54 Å². The van der Waals surface area contributed by atoms with Crippen molar-refractivity contribution >= 4 is 17.2 Å². The van der Waals surface area contributed by atoms with Gasteiger partial charge in [0.25, 0.3) is 0 Å². The Balaban J connectivity index is 1.64. The number of aryl methyl sites for hydroxylation is 1. The molecule has 0 amide bonds. The second kappa shape index (κ2) is 7.79. The van der Waals surface area contributed by atoms with E-state index < -0.39 is 0 Å². The number of benzene rings is 1. The van der Waals surface area contributed by atoms with Gasteiger partial charge in [0.2, 0.25) is 0 Å². The number of hydrogen-bond acceptors (Lipinski definition) is 3. The van der Waals surface area contributed by atoms with Gasteiger partial charge in [-0.2, -0.15) is 0 Å². The number of nitrogens with one attached hydrogen (secondary N) is 1. The lowest BCUT2D eigenvalue weighted by molar-refractivity contribution is 0.100. The maximum atomic E-state index is 12.8. The lowest BCUT2D eigenvalue weighted by Gasteiger charge is -2.28. The standard InChI is InChI=1S/C23H33N3O/c1-17-15-21(18(2)26(17)23(3,4)5)22(27)16-24-19-9-11-20(12-10-19)25-13-7-6-8-14-25/h9-12,15,24H,6-8,13-14,16H2,1-5H3. The van der Waals surface area contributed by atoms with Gasteiger partial charge in [-0.3, -0.25) is 4.79 Å². The molecule has 4 heteroatoms.